The summed E-state index contributed by atoms with van der Waals surface area (Å²) in [6, 6.07) is 3.58. The Hall–Kier alpha value is -2.71. The summed E-state index contributed by atoms with van der Waals surface area (Å²) < 4.78 is 10.1. The number of aliphatic hydroxyl groups is 1. The number of hydrogen-bond donors (Lipinski definition) is 1. The Kier molecular flexibility index (Phi) is 5.29. The van der Waals surface area contributed by atoms with Crippen LogP contribution in [0.4, 0.5) is 0 Å². The number of esters is 2. The van der Waals surface area contributed by atoms with E-state index in [0.29, 0.717) is 30.8 Å². The molecule has 1 amide bonds. The predicted octanol–water partition coefficient (Wildman–Crippen LogP) is 1.84. The second kappa shape index (κ2) is 8.01. The number of benzene rings is 1. The van der Waals surface area contributed by atoms with Gasteiger partial charge >= 0.3 is 11.9 Å². The summed E-state index contributed by atoms with van der Waals surface area (Å²) in [5, 5.41) is 10.9. The molecule has 0 saturated carbocycles. The van der Waals surface area contributed by atoms with Crippen LogP contribution in [-0.2, 0) is 25.7 Å². The van der Waals surface area contributed by atoms with Gasteiger partial charge in [-0.05, 0) is 61.9 Å². The minimum atomic E-state index is -0.639. The van der Waals surface area contributed by atoms with Crippen LogP contribution < -0.4 is 0 Å². The molecule has 1 spiro atoms. The Labute approximate surface area is 186 Å². The quantitative estimate of drug-likeness (QED) is 0.714. The highest BCUT2D eigenvalue weighted by molar-refractivity contribution is 5.94. The second-order valence-corrected chi connectivity index (χ2v) is 9.41. The van der Waals surface area contributed by atoms with Gasteiger partial charge in [0.2, 0.25) is 5.91 Å². The fourth-order valence-corrected chi connectivity index (χ4v) is 5.51. The van der Waals surface area contributed by atoms with Crippen molar-refractivity contribution in [1.29, 1.82) is 0 Å². The predicted molar refractivity (Wildman–Crippen MR) is 113 cm³/mol. The largest absolute Gasteiger partial charge is 0.457 e. The van der Waals surface area contributed by atoms with Crippen LogP contribution in [-0.4, -0.2) is 65.5 Å². The summed E-state index contributed by atoms with van der Waals surface area (Å²) in [5.41, 5.74) is 3.91. The van der Waals surface area contributed by atoms with Gasteiger partial charge in [-0.1, -0.05) is 6.07 Å². The molecule has 5 rings (SSSR count). The molecular weight excluding hydrogens is 412 g/mol. The number of aliphatic hydroxyl groups excluding tert-OH is 1. The van der Waals surface area contributed by atoms with Crippen molar-refractivity contribution in [2.24, 2.45) is 5.41 Å². The zero-order valence-corrected chi connectivity index (χ0v) is 18.3. The van der Waals surface area contributed by atoms with Crippen molar-refractivity contribution in [1.82, 2.24) is 9.80 Å². The maximum atomic E-state index is 12.8. The number of amides is 1. The number of β-amino-alcohol motifs (C(OH)–C–C–N with tert-alkyl or cyclic N) is 1. The third-order valence-corrected chi connectivity index (χ3v) is 7.60. The first-order chi connectivity index (χ1) is 15.3. The Morgan fingerprint density at radius 2 is 1.81 bits per heavy atom. The van der Waals surface area contributed by atoms with Gasteiger partial charge in [-0.25, -0.2) is 9.59 Å². The number of piperidine rings is 2. The monoisotopic (exact) mass is 440 g/mol. The molecule has 0 unspecified atom stereocenters. The molecule has 1 N–H and O–H groups in total. The first-order valence-electron chi connectivity index (χ1n) is 11.2. The summed E-state index contributed by atoms with van der Waals surface area (Å²) in [6.45, 7) is 5.21. The standard InChI is InChI=1S/C24H28N2O6/c1-15-17(2-3-18-19(15)14-32-23(18)30)20(27)12-25-7-4-24(5-8-25)6-9-26(21(28)11-24)16-10-22(29)31-13-16/h2-3,10,20,27H,4-9,11-14H2,1H3/t20-/m0/s1. The molecule has 1 aromatic carbocycles. The van der Waals surface area contributed by atoms with Crippen LogP contribution in [0.1, 0.15) is 58.8 Å². The average molecular weight is 440 g/mol. The normalized spacial score (nSPS) is 23.8. The number of ether oxygens (including phenoxy) is 2. The van der Waals surface area contributed by atoms with Crippen LogP contribution in [0, 0.1) is 12.3 Å². The van der Waals surface area contributed by atoms with Crippen LogP contribution in [0.5, 0.6) is 0 Å². The van der Waals surface area contributed by atoms with Crippen molar-refractivity contribution in [2.75, 3.05) is 32.8 Å². The van der Waals surface area contributed by atoms with Gasteiger partial charge in [-0.3, -0.25) is 4.79 Å². The van der Waals surface area contributed by atoms with Crippen LogP contribution >= 0.6 is 0 Å². The SMILES string of the molecule is Cc1c([C@@H](O)CN2CCC3(CC2)CCN(C2=CC(=O)OC2)C(=O)C3)ccc2c1COC2=O. The van der Waals surface area contributed by atoms with Gasteiger partial charge in [-0.15, -0.1) is 0 Å². The maximum absolute atomic E-state index is 12.8. The van der Waals surface area contributed by atoms with Crippen LogP contribution in [0.3, 0.4) is 0 Å². The Morgan fingerprint density at radius 1 is 1.06 bits per heavy atom. The molecule has 1 atom stereocenters. The molecule has 2 saturated heterocycles. The van der Waals surface area contributed by atoms with E-state index < -0.39 is 6.10 Å². The Balaban J connectivity index is 1.18. The molecule has 1 aromatic rings. The highest BCUT2D eigenvalue weighted by Crippen LogP contribution is 2.43. The van der Waals surface area contributed by atoms with Crippen molar-refractivity contribution < 1.29 is 29.0 Å². The zero-order chi connectivity index (χ0) is 22.5. The van der Waals surface area contributed by atoms with Gasteiger partial charge in [0.1, 0.15) is 13.2 Å². The topological polar surface area (TPSA) is 96.4 Å². The number of cyclic esters (lactones) is 2. The molecule has 4 aliphatic heterocycles. The van der Waals surface area contributed by atoms with Gasteiger partial charge in [0.05, 0.1) is 17.4 Å². The molecule has 170 valence electrons. The van der Waals surface area contributed by atoms with Gasteiger partial charge in [0.15, 0.2) is 0 Å². The summed E-state index contributed by atoms with van der Waals surface area (Å²) in [4.78, 5) is 39.8. The van der Waals surface area contributed by atoms with Crippen LogP contribution in [0.15, 0.2) is 23.9 Å². The molecule has 8 heteroatoms. The van der Waals surface area contributed by atoms with E-state index in [2.05, 4.69) is 4.90 Å². The lowest BCUT2D eigenvalue weighted by Gasteiger charge is -2.46. The number of fused-ring (bicyclic) bond motifs is 1. The van der Waals surface area contributed by atoms with Gasteiger partial charge in [-0.2, -0.15) is 0 Å². The van der Waals surface area contributed by atoms with E-state index >= 15 is 0 Å². The molecular formula is C24H28N2O6. The van der Waals surface area contributed by atoms with E-state index in [0.717, 1.165) is 49.0 Å². The Morgan fingerprint density at radius 3 is 2.50 bits per heavy atom. The number of nitrogens with zero attached hydrogens (tertiary/aromatic N) is 2. The molecule has 8 nitrogen and oxygen atoms in total. The third-order valence-electron chi connectivity index (χ3n) is 7.60. The number of carbonyl (C=O) groups excluding carboxylic acids is 3. The smallest absolute Gasteiger partial charge is 0.338 e. The van der Waals surface area contributed by atoms with Crippen molar-refractivity contribution in [3.05, 3.63) is 46.2 Å². The molecule has 32 heavy (non-hydrogen) atoms. The maximum Gasteiger partial charge on any atom is 0.338 e. The summed E-state index contributed by atoms with van der Waals surface area (Å²) >= 11 is 0. The summed E-state index contributed by atoms with van der Waals surface area (Å²) in [5.74, 6) is -0.605. The van der Waals surface area contributed by atoms with E-state index in [4.69, 9.17) is 9.47 Å². The highest BCUT2D eigenvalue weighted by Gasteiger charge is 2.42. The van der Waals surface area contributed by atoms with E-state index in [1.54, 1.807) is 11.0 Å². The number of hydrogen-bond acceptors (Lipinski definition) is 7. The number of rotatable bonds is 4. The first-order valence-corrected chi connectivity index (χ1v) is 11.2. The number of carbonyl (C=O) groups is 3. The van der Waals surface area contributed by atoms with E-state index in [1.807, 2.05) is 13.0 Å². The third kappa shape index (κ3) is 3.71. The first kappa shape index (κ1) is 21.2. The van der Waals surface area contributed by atoms with E-state index in [9.17, 15) is 19.5 Å². The van der Waals surface area contributed by atoms with Crippen molar-refractivity contribution in [3.8, 4) is 0 Å². The van der Waals surface area contributed by atoms with Crippen LogP contribution in [0.2, 0.25) is 0 Å². The molecule has 4 aliphatic rings. The van der Waals surface area contributed by atoms with Gasteiger partial charge < -0.3 is 24.4 Å². The molecule has 0 aliphatic carbocycles. The fraction of sp³-hybridized carbons (Fsp3) is 0.542. The molecule has 0 bridgehead atoms. The van der Waals surface area contributed by atoms with Crippen molar-refractivity contribution in [3.63, 3.8) is 0 Å². The Bertz CT molecular complexity index is 1010. The fourth-order valence-electron chi connectivity index (χ4n) is 5.51. The molecule has 2 fully saturated rings. The van der Waals surface area contributed by atoms with E-state index in [1.165, 1.54) is 6.08 Å². The minimum absolute atomic E-state index is 0.000251. The highest BCUT2D eigenvalue weighted by atomic mass is 16.5. The second-order valence-electron chi connectivity index (χ2n) is 9.41. The van der Waals surface area contributed by atoms with Gasteiger partial charge in [0, 0.05) is 31.1 Å². The molecule has 0 radical (unpaired) electrons. The molecule has 4 heterocycles. The lowest BCUT2D eigenvalue weighted by Crippen LogP contribution is -2.49. The molecule has 0 aromatic heterocycles. The van der Waals surface area contributed by atoms with Crippen LogP contribution in [0.25, 0.3) is 0 Å². The summed E-state index contributed by atoms with van der Waals surface area (Å²) in [6.07, 6.45) is 4.02. The van der Waals surface area contributed by atoms with Crippen molar-refractivity contribution in [2.45, 2.75) is 45.3 Å². The minimum Gasteiger partial charge on any atom is -0.457 e. The summed E-state index contributed by atoms with van der Waals surface area (Å²) in [7, 11) is 0. The lowest BCUT2D eigenvalue weighted by molar-refractivity contribution is -0.139. The number of likely N-dealkylation sites (tertiary alicyclic amines) is 2. The van der Waals surface area contributed by atoms with E-state index in [-0.39, 0.29) is 36.5 Å². The van der Waals surface area contributed by atoms with Crippen molar-refractivity contribution >= 4 is 17.8 Å². The lowest BCUT2D eigenvalue weighted by atomic mass is 9.71. The zero-order valence-electron chi connectivity index (χ0n) is 18.3. The van der Waals surface area contributed by atoms with Gasteiger partial charge in [0.25, 0.3) is 0 Å². The average Bonchev–Trinajstić information content (AvgIpc) is 3.36.